The van der Waals surface area contributed by atoms with Crippen molar-refractivity contribution in [2.75, 3.05) is 31.2 Å². The smallest absolute Gasteiger partial charge is 0.0642 e. The maximum Gasteiger partial charge on any atom is 0.0642 e. The summed E-state index contributed by atoms with van der Waals surface area (Å²) in [7, 11) is 0. The molecule has 21 heavy (non-hydrogen) atoms. The van der Waals surface area contributed by atoms with Crippen molar-refractivity contribution in [3.05, 3.63) is 29.8 Å². The maximum absolute atomic E-state index is 5.41. The molecule has 0 bridgehead atoms. The van der Waals surface area contributed by atoms with Gasteiger partial charge < -0.3 is 15.0 Å². The Balaban J connectivity index is 1.48. The number of hydrogen-bond donors (Lipinski definition) is 1. The second-order valence-corrected chi connectivity index (χ2v) is 6.60. The largest absolute Gasteiger partial charge is 0.378 e. The van der Waals surface area contributed by atoms with E-state index >= 15 is 0 Å². The lowest BCUT2D eigenvalue weighted by Crippen LogP contribution is -2.36. The van der Waals surface area contributed by atoms with Crippen LogP contribution in [-0.2, 0) is 11.3 Å². The summed E-state index contributed by atoms with van der Waals surface area (Å²) in [6.45, 7) is 7.10. The fourth-order valence-corrected chi connectivity index (χ4v) is 3.37. The molecule has 1 aromatic rings. The second kappa shape index (κ2) is 7.28. The van der Waals surface area contributed by atoms with Crippen molar-refractivity contribution in [3.8, 4) is 0 Å². The molecule has 0 atom stereocenters. The molecular formula is C18H28N2O. The van der Waals surface area contributed by atoms with Crippen LogP contribution in [0.5, 0.6) is 0 Å². The minimum absolute atomic E-state index is 0.722. The summed E-state index contributed by atoms with van der Waals surface area (Å²) in [5, 5.41) is 3.72. The summed E-state index contributed by atoms with van der Waals surface area (Å²) < 4.78 is 5.41. The number of ether oxygens (including phenoxy) is 1. The molecule has 3 heteroatoms. The molecule has 116 valence electrons. The third-order valence-electron chi connectivity index (χ3n) is 4.92. The van der Waals surface area contributed by atoms with E-state index in [1.165, 1.54) is 36.9 Å². The van der Waals surface area contributed by atoms with Gasteiger partial charge in [-0.25, -0.2) is 0 Å². The van der Waals surface area contributed by atoms with Gasteiger partial charge in [-0.05, 0) is 49.3 Å². The molecular weight excluding hydrogens is 260 g/mol. The Morgan fingerprint density at radius 1 is 1.05 bits per heavy atom. The second-order valence-electron chi connectivity index (χ2n) is 6.60. The molecule has 1 aliphatic heterocycles. The Hall–Kier alpha value is -1.06. The van der Waals surface area contributed by atoms with E-state index in [0.717, 1.165) is 44.8 Å². The van der Waals surface area contributed by atoms with Crippen LogP contribution in [0.3, 0.4) is 0 Å². The quantitative estimate of drug-likeness (QED) is 0.921. The van der Waals surface area contributed by atoms with E-state index in [1.807, 2.05) is 0 Å². The number of anilines is 1. The lowest BCUT2D eigenvalue weighted by atomic mass is 9.87. The Bertz CT molecular complexity index is 417. The van der Waals surface area contributed by atoms with Crippen molar-refractivity contribution < 1.29 is 4.74 Å². The number of benzene rings is 1. The minimum atomic E-state index is 0.722. The minimum Gasteiger partial charge on any atom is -0.378 e. The summed E-state index contributed by atoms with van der Waals surface area (Å²) in [6, 6.07) is 9.77. The van der Waals surface area contributed by atoms with E-state index in [1.54, 1.807) is 0 Å². The van der Waals surface area contributed by atoms with Gasteiger partial charge in [0.15, 0.2) is 0 Å². The van der Waals surface area contributed by atoms with Crippen LogP contribution in [0.15, 0.2) is 24.3 Å². The molecule has 3 nitrogen and oxygen atoms in total. The highest BCUT2D eigenvalue weighted by molar-refractivity contribution is 5.47. The van der Waals surface area contributed by atoms with Gasteiger partial charge in [-0.3, -0.25) is 0 Å². The summed E-state index contributed by atoms with van der Waals surface area (Å²) >= 11 is 0. The SMILES string of the molecule is CC1CCC(NCc2ccc(N3CCOCC3)cc2)CC1. The normalized spacial score (nSPS) is 26.8. The third-order valence-corrected chi connectivity index (χ3v) is 4.92. The van der Waals surface area contributed by atoms with Crippen molar-refractivity contribution in [1.82, 2.24) is 5.32 Å². The van der Waals surface area contributed by atoms with Gasteiger partial charge in [-0.1, -0.05) is 19.1 Å². The predicted octanol–water partition coefficient (Wildman–Crippen LogP) is 3.19. The Morgan fingerprint density at radius 3 is 2.38 bits per heavy atom. The van der Waals surface area contributed by atoms with Crippen LogP contribution in [0.2, 0.25) is 0 Å². The van der Waals surface area contributed by atoms with Gasteiger partial charge in [0.25, 0.3) is 0 Å². The highest BCUT2D eigenvalue weighted by atomic mass is 16.5. The molecule has 2 fully saturated rings. The predicted molar refractivity (Wildman–Crippen MR) is 87.7 cm³/mol. The molecule has 0 aromatic heterocycles. The van der Waals surface area contributed by atoms with Gasteiger partial charge in [0, 0.05) is 31.4 Å². The zero-order chi connectivity index (χ0) is 14.5. The van der Waals surface area contributed by atoms with Gasteiger partial charge in [0.2, 0.25) is 0 Å². The zero-order valence-electron chi connectivity index (χ0n) is 13.2. The van der Waals surface area contributed by atoms with Crippen molar-refractivity contribution >= 4 is 5.69 Å². The summed E-state index contributed by atoms with van der Waals surface area (Å²) in [5.74, 6) is 0.927. The maximum atomic E-state index is 5.41. The van der Waals surface area contributed by atoms with Crippen molar-refractivity contribution in [2.24, 2.45) is 5.92 Å². The molecule has 0 amide bonds. The van der Waals surface area contributed by atoms with Gasteiger partial charge in [-0.2, -0.15) is 0 Å². The summed E-state index contributed by atoms with van der Waals surface area (Å²) in [4.78, 5) is 2.41. The lowest BCUT2D eigenvalue weighted by molar-refractivity contribution is 0.122. The molecule has 1 aromatic carbocycles. The number of nitrogens with one attached hydrogen (secondary N) is 1. The average molecular weight is 288 g/mol. The molecule has 1 saturated carbocycles. The van der Waals surface area contributed by atoms with Gasteiger partial charge in [-0.15, -0.1) is 0 Å². The Morgan fingerprint density at radius 2 is 1.71 bits per heavy atom. The zero-order valence-corrected chi connectivity index (χ0v) is 13.2. The van der Waals surface area contributed by atoms with E-state index < -0.39 is 0 Å². The summed E-state index contributed by atoms with van der Waals surface area (Å²) in [5.41, 5.74) is 2.72. The first-order chi connectivity index (χ1) is 10.3. The van der Waals surface area contributed by atoms with Crippen LogP contribution in [0, 0.1) is 5.92 Å². The van der Waals surface area contributed by atoms with E-state index in [4.69, 9.17) is 4.74 Å². The first-order valence-corrected chi connectivity index (χ1v) is 8.46. The van der Waals surface area contributed by atoms with Gasteiger partial charge in [0.05, 0.1) is 13.2 Å². The van der Waals surface area contributed by atoms with Crippen LogP contribution < -0.4 is 10.2 Å². The van der Waals surface area contributed by atoms with E-state index in [0.29, 0.717) is 0 Å². The standard InChI is InChI=1S/C18H28N2O/c1-15-2-6-17(7-3-15)19-14-16-4-8-18(9-5-16)20-10-12-21-13-11-20/h4-5,8-9,15,17,19H,2-3,6-7,10-14H2,1H3. The molecule has 3 rings (SSSR count). The van der Waals surface area contributed by atoms with Gasteiger partial charge >= 0.3 is 0 Å². The molecule has 1 N–H and O–H groups in total. The molecule has 0 radical (unpaired) electrons. The Labute approximate surface area is 128 Å². The monoisotopic (exact) mass is 288 g/mol. The van der Waals surface area contributed by atoms with Crippen LogP contribution in [0.25, 0.3) is 0 Å². The fraction of sp³-hybridized carbons (Fsp3) is 0.667. The first kappa shape index (κ1) is 14.9. The fourth-order valence-electron chi connectivity index (χ4n) is 3.37. The van der Waals surface area contributed by atoms with Crippen LogP contribution in [0.4, 0.5) is 5.69 Å². The lowest BCUT2D eigenvalue weighted by Gasteiger charge is -2.29. The summed E-state index contributed by atoms with van der Waals surface area (Å²) in [6.07, 6.45) is 5.45. The van der Waals surface area contributed by atoms with E-state index in [-0.39, 0.29) is 0 Å². The average Bonchev–Trinajstić information content (AvgIpc) is 2.56. The number of rotatable bonds is 4. The molecule has 1 aliphatic carbocycles. The highest BCUT2D eigenvalue weighted by Gasteiger charge is 2.17. The van der Waals surface area contributed by atoms with Crippen molar-refractivity contribution in [1.29, 1.82) is 0 Å². The van der Waals surface area contributed by atoms with Crippen LogP contribution in [0.1, 0.15) is 38.2 Å². The number of morpholine rings is 1. The van der Waals surface area contributed by atoms with E-state index in [2.05, 4.69) is 41.4 Å². The van der Waals surface area contributed by atoms with Crippen LogP contribution in [-0.4, -0.2) is 32.3 Å². The van der Waals surface area contributed by atoms with Gasteiger partial charge in [0.1, 0.15) is 0 Å². The molecule has 0 unspecified atom stereocenters. The molecule has 0 spiro atoms. The molecule has 2 aliphatic rings. The topological polar surface area (TPSA) is 24.5 Å². The number of nitrogens with zero attached hydrogens (tertiary/aromatic N) is 1. The highest BCUT2D eigenvalue weighted by Crippen LogP contribution is 2.24. The Kier molecular flexibility index (Phi) is 5.15. The molecule has 1 saturated heterocycles. The van der Waals surface area contributed by atoms with E-state index in [9.17, 15) is 0 Å². The van der Waals surface area contributed by atoms with Crippen LogP contribution >= 0.6 is 0 Å². The third kappa shape index (κ3) is 4.21. The van der Waals surface area contributed by atoms with Crippen molar-refractivity contribution in [2.45, 2.75) is 45.2 Å². The van der Waals surface area contributed by atoms with Crippen molar-refractivity contribution in [3.63, 3.8) is 0 Å². The number of hydrogen-bond acceptors (Lipinski definition) is 3. The first-order valence-electron chi connectivity index (χ1n) is 8.46. The molecule has 1 heterocycles.